The first-order chi connectivity index (χ1) is 9.67. The molecule has 0 unspecified atom stereocenters. The van der Waals surface area contributed by atoms with Gasteiger partial charge in [0.2, 0.25) is 0 Å². The Morgan fingerprint density at radius 1 is 1.20 bits per heavy atom. The lowest BCUT2D eigenvalue weighted by molar-refractivity contribution is -0.122. The molecule has 0 spiro atoms. The van der Waals surface area contributed by atoms with Gasteiger partial charge in [-0.15, -0.1) is 0 Å². The van der Waals surface area contributed by atoms with E-state index in [4.69, 9.17) is 9.47 Å². The molecular formula is C14H20N2O4. The molecular weight excluding hydrogens is 260 g/mol. The number of ether oxygens (including phenoxy) is 2. The van der Waals surface area contributed by atoms with Gasteiger partial charge in [0.15, 0.2) is 18.1 Å². The first-order valence-corrected chi connectivity index (χ1v) is 6.50. The highest BCUT2D eigenvalue weighted by Crippen LogP contribution is 2.25. The van der Waals surface area contributed by atoms with Crippen LogP contribution < -0.4 is 20.1 Å². The SMILES string of the molecule is CCCCNC(=O)NC(=O)COc1ccccc1OC. The first-order valence-electron chi connectivity index (χ1n) is 6.50. The molecule has 0 heterocycles. The van der Waals surface area contributed by atoms with Gasteiger partial charge in [0.05, 0.1) is 7.11 Å². The smallest absolute Gasteiger partial charge is 0.321 e. The number of rotatable bonds is 7. The number of nitrogens with one attached hydrogen (secondary N) is 2. The summed E-state index contributed by atoms with van der Waals surface area (Å²) in [5.74, 6) is 0.481. The van der Waals surface area contributed by atoms with Crippen molar-refractivity contribution >= 4 is 11.9 Å². The largest absolute Gasteiger partial charge is 0.493 e. The van der Waals surface area contributed by atoms with Gasteiger partial charge in [0, 0.05) is 6.54 Å². The number of amides is 3. The van der Waals surface area contributed by atoms with Gasteiger partial charge in [-0.2, -0.15) is 0 Å². The quantitative estimate of drug-likeness (QED) is 0.745. The van der Waals surface area contributed by atoms with Gasteiger partial charge in [0.25, 0.3) is 5.91 Å². The maximum Gasteiger partial charge on any atom is 0.321 e. The molecule has 3 amide bonds. The number of benzene rings is 1. The molecule has 0 aromatic heterocycles. The lowest BCUT2D eigenvalue weighted by Crippen LogP contribution is -2.41. The Hall–Kier alpha value is -2.24. The molecule has 1 aromatic rings. The summed E-state index contributed by atoms with van der Waals surface area (Å²) < 4.78 is 10.4. The lowest BCUT2D eigenvalue weighted by Gasteiger charge is -2.10. The predicted octanol–water partition coefficient (Wildman–Crippen LogP) is 1.70. The van der Waals surface area contributed by atoms with Crippen LogP contribution in [0, 0.1) is 0 Å². The summed E-state index contributed by atoms with van der Waals surface area (Å²) >= 11 is 0. The fourth-order valence-corrected chi connectivity index (χ4v) is 1.47. The molecule has 110 valence electrons. The van der Waals surface area contributed by atoms with Gasteiger partial charge in [-0.05, 0) is 18.6 Å². The van der Waals surface area contributed by atoms with Crippen LogP contribution in [0.3, 0.4) is 0 Å². The number of carbonyl (C=O) groups excluding carboxylic acids is 2. The second kappa shape index (κ2) is 8.79. The summed E-state index contributed by atoms with van der Waals surface area (Å²) in [5, 5.41) is 4.78. The average molecular weight is 280 g/mol. The van der Waals surface area contributed by atoms with Crippen molar-refractivity contribution in [3.63, 3.8) is 0 Å². The van der Waals surface area contributed by atoms with Crippen molar-refractivity contribution in [3.8, 4) is 11.5 Å². The van der Waals surface area contributed by atoms with Crippen LogP contribution in [0.15, 0.2) is 24.3 Å². The Morgan fingerprint density at radius 3 is 2.55 bits per heavy atom. The van der Waals surface area contributed by atoms with Crippen molar-refractivity contribution < 1.29 is 19.1 Å². The van der Waals surface area contributed by atoms with E-state index in [0.717, 1.165) is 12.8 Å². The monoisotopic (exact) mass is 280 g/mol. The molecule has 2 N–H and O–H groups in total. The summed E-state index contributed by atoms with van der Waals surface area (Å²) in [5.41, 5.74) is 0. The van der Waals surface area contributed by atoms with E-state index in [1.807, 2.05) is 6.92 Å². The van der Waals surface area contributed by atoms with E-state index in [2.05, 4.69) is 10.6 Å². The minimum absolute atomic E-state index is 0.248. The highest BCUT2D eigenvalue weighted by Gasteiger charge is 2.09. The Kier molecular flexibility index (Phi) is 6.95. The van der Waals surface area contributed by atoms with Crippen LogP contribution in [-0.4, -0.2) is 32.2 Å². The third-order valence-electron chi connectivity index (χ3n) is 2.50. The van der Waals surface area contributed by atoms with E-state index in [9.17, 15) is 9.59 Å². The second-order valence-corrected chi connectivity index (χ2v) is 4.10. The van der Waals surface area contributed by atoms with Crippen LogP contribution in [0.1, 0.15) is 19.8 Å². The third kappa shape index (κ3) is 5.60. The number of hydrogen-bond acceptors (Lipinski definition) is 4. The molecule has 1 aromatic carbocycles. The minimum atomic E-state index is -0.509. The number of methoxy groups -OCH3 is 1. The third-order valence-corrected chi connectivity index (χ3v) is 2.50. The summed E-state index contributed by atoms with van der Waals surface area (Å²) in [6.07, 6.45) is 1.85. The molecule has 0 radical (unpaired) electrons. The van der Waals surface area contributed by atoms with Gasteiger partial charge in [-0.1, -0.05) is 25.5 Å². The summed E-state index contributed by atoms with van der Waals surface area (Å²) in [6.45, 7) is 2.32. The summed E-state index contributed by atoms with van der Waals surface area (Å²) in [7, 11) is 1.52. The van der Waals surface area contributed by atoms with Crippen LogP contribution in [0.2, 0.25) is 0 Å². The normalized spacial score (nSPS) is 9.70. The molecule has 20 heavy (non-hydrogen) atoms. The average Bonchev–Trinajstić information content (AvgIpc) is 2.45. The van der Waals surface area contributed by atoms with E-state index >= 15 is 0 Å². The molecule has 0 bridgehead atoms. The number of unbranched alkanes of at least 4 members (excludes halogenated alkanes) is 1. The van der Waals surface area contributed by atoms with Crippen LogP contribution >= 0.6 is 0 Å². The molecule has 6 nitrogen and oxygen atoms in total. The molecule has 0 aliphatic rings. The van der Waals surface area contributed by atoms with Crippen molar-refractivity contribution in [1.82, 2.24) is 10.6 Å². The van der Waals surface area contributed by atoms with Gasteiger partial charge in [0.1, 0.15) is 0 Å². The van der Waals surface area contributed by atoms with Gasteiger partial charge in [-0.25, -0.2) is 4.79 Å². The van der Waals surface area contributed by atoms with Crippen LogP contribution in [-0.2, 0) is 4.79 Å². The molecule has 0 atom stereocenters. The minimum Gasteiger partial charge on any atom is -0.493 e. The maximum atomic E-state index is 11.5. The summed E-state index contributed by atoms with van der Waals surface area (Å²) in [6, 6.07) is 6.48. The molecule has 0 fully saturated rings. The molecule has 6 heteroatoms. The number of imide groups is 1. The topological polar surface area (TPSA) is 76.7 Å². The highest BCUT2D eigenvalue weighted by atomic mass is 16.5. The standard InChI is InChI=1S/C14H20N2O4/c1-3-4-9-15-14(18)16-13(17)10-20-12-8-6-5-7-11(12)19-2/h5-8H,3-4,9-10H2,1-2H3,(H2,15,16,17,18). The van der Waals surface area contributed by atoms with Crippen LogP contribution in [0.4, 0.5) is 4.79 Å². The lowest BCUT2D eigenvalue weighted by atomic mass is 10.3. The molecule has 0 saturated heterocycles. The molecule has 0 saturated carbocycles. The Bertz CT molecular complexity index is 449. The molecule has 1 rings (SSSR count). The Morgan fingerprint density at radius 2 is 1.90 bits per heavy atom. The van der Waals surface area contributed by atoms with E-state index in [1.165, 1.54) is 7.11 Å². The molecule has 0 aliphatic carbocycles. The highest BCUT2D eigenvalue weighted by molar-refractivity contribution is 5.94. The fraction of sp³-hybridized carbons (Fsp3) is 0.429. The van der Waals surface area contributed by atoms with Crippen molar-refractivity contribution in [1.29, 1.82) is 0 Å². The zero-order valence-corrected chi connectivity index (χ0v) is 11.8. The van der Waals surface area contributed by atoms with E-state index in [1.54, 1.807) is 24.3 Å². The van der Waals surface area contributed by atoms with Crippen molar-refractivity contribution in [2.45, 2.75) is 19.8 Å². The number of hydrogen-bond donors (Lipinski definition) is 2. The Labute approximate surface area is 118 Å². The van der Waals surface area contributed by atoms with Gasteiger partial charge >= 0.3 is 6.03 Å². The second-order valence-electron chi connectivity index (χ2n) is 4.10. The summed E-state index contributed by atoms with van der Waals surface area (Å²) in [4.78, 5) is 22.9. The zero-order valence-electron chi connectivity index (χ0n) is 11.8. The van der Waals surface area contributed by atoms with Gasteiger partial charge in [-0.3, -0.25) is 10.1 Å². The number of para-hydroxylation sites is 2. The van der Waals surface area contributed by atoms with Crippen molar-refractivity contribution in [2.24, 2.45) is 0 Å². The maximum absolute atomic E-state index is 11.5. The number of urea groups is 1. The van der Waals surface area contributed by atoms with E-state index in [-0.39, 0.29) is 6.61 Å². The van der Waals surface area contributed by atoms with Crippen LogP contribution in [0.5, 0.6) is 11.5 Å². The first kappa shape index (κ1) is 15.8. The Balaban J connectivity index is 2.34. The van der Waals surface area contributed by atoms with Crippen molar-refractivity contribution in [2.75, 3.05) is 20.3 Å². The predicted molar refractivity (Wildman–Crippen MR) is 74.9 cm³/mol. The fourth-order valence-electron chi connectivity index (χ4n) is 1.47. The van der Waals surface area contributed by atoms with Crippen molar-refractivity contribution in [3.05, 3.63) is 24.3 Å². The molecule has 0 aliphatic heterocycles. The number of carbonyl (C=O) groups is 2. The van der Waals surface area contributed by atoms with Crippen LogP contribution in [0.25, 0.3) is 0 Å². The van der Waals surface area contributed by atoms with E-state index in [0.29, 0.717) is 18.0 Å². The zero-order chi connectivity index (χ0) is 14.8. The van der Waals surface area contributed by atoms with Gasteiger partial charge < -0.3 is 14.8 Å². The van der Waals surface area contributed by atoms with E-state index < -0.39 is 11.9 Å².